The van der Waals surface area contributed by atoms with E-state index in [2.05, 4.69) is 6.07 Å². The quantitative estimate of drug-likeness (QED) is 0.461. The molecule has 2 aromatic carbocycles. The van der Waals surface area contributed by atoms with Gasteiger partial charge in [-0.1, -0.05) is 12.1 Å². The molecule has 140 valence electrons. The van der Waals surface area contributed by atoms with Gasteiger partial charge in [-0.05, 0) is 69.9 Å². The van der Waals surface area contributed by atoms with Gasteiger partial charge >= 0.3 is 5.97 Å². The van der Waals surface area contributed by atoms with Crippen molar-refractivity contribution in [1.29, 1.82) is 5.26 Å². The molecule has 0 atom stereocenters. The van der Waals surface area contributed by atoms with E-state index in [0.717, 1.165) is 5.56 Å². The molecule has 0 fully saturated rings. The number of ether oxygens (including phenoxy) is 2. The van der Waals surface area contributed by atoms with Gasteiger partial charge < -0.3 is 14.6 Å². The monoisotopic (exact) mass is 391 g/mol. The molecule has 0 saturated heterocycles. The summed E-state index contributed by atoms with van der Waals surface area (Å²) in [5.41, 5.74) is 2.50. The number of rotatable bonds is 7. The summed E-state index contributed by atoms with van der Waals surface area (Å²) in [6.07, 6.45) is 1.49. The lowest BCUT2D eigenvalue weighted by Crippen LogP contribution is -2.01. The number of carboxylic acid groups (broad SMARTS) is 1. The van der Waals surface area contributed by atoms with Crippen LogP contribution in [0.2, 0.25) is 0 Å². The van der Waals surface area contributed by atoms with Crippen molar-refractivity contribution in [2.75, 3.05) is 7.11 Å². The second-order valence-corrected chi connectivity index (χ2v) is 6.65. The van der Waals surface area contributed by atoms with E-state index in [1.165, 1.54) is 6.08 Å². The second-order valence-electron chi connectivity index (χ2n) is 5.87. The number of hydrogen-bond donors (Lipinski definition) is 1. The zero-order chi connectivity index (χ0) is 19.9. The minimum Gasteiger partial charge on any atom is -0.497 e. The molecule has 0 aliphatic carbocycles. The van der Waals surface area contributed by atoms with E-state index in [1.54, 1.807) is 60.9 Å². The van der Waals surface area contributed by atoms with Crippen molar-refractivity contribution >= 4 is 29.0 Å². The molecule has 1 heterocycles. The summed E-state index contributed by atoms with van der Waals surface area (Å²) in [6, 6.07) is 15.8. The Hall–Kier alpha value is -3.56. The largest absolute Gasteiger partial charge is 0.497 e. The van der Waals surface area contributed by atoms with E-state index >= 15 is 0 Å². The molecule has 3 aromatic rings. The third-order valence-electron chi connectivity index (χ3n) is 4.06. The molecule has 0 bridgehead atoms. The average molecular weight is 391 g/mol. The lowest BCUT2D eigenvalue weighted by atomic mass is 10.00. The number of nitriles is 1. The van der Waals surface area contributed by atoms with Gasteiger partial charge in [0.1, 0.15) is 18.1 Å². The fraction of sp³-hybridized carbons (Fsp3) is 0.0909. The number of carboxylic acids is 1. The van der Waals surface area contributed by atoms with Gasteiger partial charge in [0, 0.05) is 0 Å². The van der Waals surface area contributed by atoms with Crippen molar-refractivity contribution in [2.45, 2.75) is 6.61 Å². The van der Waals surface area contributed by atoms with Crippen molar-refractivity contribution in [2.24, 2.45) is 0 Å². The van der Waals surface area contributed by atoms with E-state index in [9.17, 15) is 15.2 Å². The highest BCUT2D eigenvalue weighted by Gasteiger charge is 2.13. The molecule has 5 nitrogen and oxygen atoms in total. The number of carbonyl (C=O) groups is 1. The van der Waals surface area contributed by atoms with Crippen molar-refractivity contribution in [3.63, 3.8) is 0 Å². The molecular formula is C22H17NO4S. The van der Waals surface area contributed by atoms with Crippen LogP contribution in [0.15, 0.2) is 59.3 Å². The highest BCUT2D eigenvalue weighted by molar-refractivity contribution is 7.07. The number of methoxy groups -OCH3 is 1. The van der Waals surface area contributed by atoms with Crippen LogP contribution in [0.3, 0.4) is 0 Å². The van der Waals surface area contributed by atoms with Gasteiger partial charge in [0.2, 0.25) is 0 Å². The smallest absolute Gasteiger partial charge is 0.336 e. The summed E-state index contributed by atoms with van der Waals surface area (Å²) in [5.74, 6) is 0.115. The number of benzene rings is 2. The van der Waals surface area contributed by atoms with Crippen LogP contribution >= 0.6 is 11.3 Å². The van der Waals surface area contributed by atoms with Gasteiger partial charge in [-0.15, -0.1) is 0 Å². The molecule has 0 aliphatic rings. The van der Waals surface area contributed by atoms with Crippen molar-refractivity contribution in [3.8, 4) is 17.6 Å². The molecule has 6 heteroatoms. The van der Waals surface area contributed by atoms with Gasteiger partial charge in [0.25, 0.3) is 0 Å². The van der Waals surface area contributed by atoms with Crippen molar-refractivity contribution in [3.05, 3.63) is 81.5 Å². The van der Waals surface area contributed by atoms with E-state index in [-0.39, 0.29) is 5.57 Å². The molecular weight excluding hydrogens is 374 g/mol. The Morgan fingerprint density at radius 1 is 1.18 bits per heavy atom. The maximum Gasteiger partial charge on any atom is 0.336 e. The lowest BCUT2D eigenvalue weighted by Gasteiger charge is -2.09. The molecule has 1 N–H and O–H groups in total. The van der Waals surface area contributed by atoms with Crippen LogP contribution in [0, 0.1) is 11.3 Å². The maximum atomic E-state index is 11.8. The van der Waals surface area contributed by atoms with Gasteiger partial charge in [0.15, 0.2) is 0 Å². The lowest BCUT2D eigenvalue weighted by molar-refractivity contribution is -0.130. The van der Waals surface area contributed by atoms with E-state index in [4.69, 9.17) is 9.47 Å². The first-order chi connectivity index (χ1) is 13.6. The average Bonchev–Trinajstić information content (AvgIpc) is 3.24. The first-order valence-corrected chi connectivity index (χ1v) is 9.32. The van der Waals surface area contributed by atoms with Crippen LogP contribution in [0.25, 0.3) is 11.6 Å². The highest BCUT2D eigenvalue weighted by Crippen LogP contribution is 2.26. The molecule has 3 rings (SSSR count). The predicted octanol–water partition coefficient (Wildman–Crippen LogP) is 4.83. The Bertz CT molecular complexity index is 1030. The molecule has 0 amide bonds. The minimum absolute atomic E-state index is 0.0779. The van der Waals surface area contributed by atoms with E-state index in [0.29, 0.717) is 34.8 Å². The molecule has 1 aromatic heterocycles. The van der Waals surface area contributed by atoms with Crippen molar-refractivity contribution in [1.82, 2.24) is 0 Å². The first kappa shape index (κ1) is 19.2. The van der Waals surface area contributed by atoms with Crippen LogP contribution in [0.4, 0.5) is 0 Å². The van der Waals surface area contributed by atoms with Crippen molar-refractivity contribution < 1.29 is 19.4 Å². The third kappa shape index (κ3) is 4.58. The Balaban J connectivity index is 1.94. The van der Waals surface area contributed by atoms with Crippen LogP contribution in [0.1, 0.15) is 22.3 Å². The summed E-state index contributed by atoms with van der Waals surface area (Å²) in [7, 11) is 1.55. The number of hydrogen-bond acceptors (Lipinski definition) is 5. The molecule has 28 heavy (non-hydrogen) atoms. The number of nitrogens with zero attached hydrogens (tertiary/aromatic N) is 1. The van der Waals surface area contributed by atoms with Crippen LogP contribution in [-0.2, 0) is 11.4 Å². The molecule has 0 saturated carbocycles. The standard InChI is InChI=1S/C22H17NO4S/c1-26-19-5-2-16(3-6-19)21(22(24)25)11-18-10-20(7-4-17(18)12-23)27-13-15-8-9-28-14-15/h2-11,14H,13H2,1H3,(H,24,25)/b21-11+. The zero-order valence-electron chi connectivity index (χ0n) is 15.1. The fourth-order valence-electron chi connectivity index (χ4n) is 2.59. The second kappa shape index (κ2) is 8.89. The normalized spacial score (nSPS) is 10.9. The summed E-state index contributed by atoms with van der Waals surface area (Å²) >= 11 is 1.59. The molecule has 0 spiro atoms. The van der Waals surface area contributed by atoms with Crippen LogP contribution in [0.5, 0.6) is 11.5 Å². The van der Waals surface area contributed by atoms with Gasteiger partial charge in [0.05, 0.1) is 24.3 Å². The predicted molar refractivity (Wildman–Crippen MR) is 108 cm³/mol. The van der Waals surface area contributed by atoms with Gasteiger partial charge in [-0.25, -0.2) is 4.79 Å². The Labute approximate surface area is 166 Å². The highest BCUT2D eigenvalue weighted by atomic mass is 32.1. The van der Waals surface area contributed by atoms with Gasteiger partial charge in [-0.3, -0.25) is 0 Å². The van der Waals surface area contributed by atoms with Gasteiger partial charge in [-0.2, -0.15) is 16.6 Å². The molecule has 0 unspecified atom stereocenters. The van der Waals surface area contributed by atoms with E-state index in [1.807, 2.05) is 16.8 Å². The topological polar surface area (TPSA) is 79.5 Å². The number of thiophene rings is 1. The van der Waals surface area contributed by atoms with Crippen LogP contribution < -0.4 is 9.47 Å². The zero-order valence-corrected chi connectivity index (χ0v) is 15.9. The summed E-state index contributed by atoms with van der Waals surface area (Å²) in [6.45, 7) is 0.406. The van der Waals surface area contributed by atoms with Crippen LogP contribution in [-0.4, -0.2) is 18.2 Å². The summed E-state index contributed by atoms with van der Waals surface area (Å²) in [4.78, 5) is 11.8. The summed E-state index contributed by atoms with van der Waals surface area (Å²) in [5, 5.41) is 23.0. The Morgan fingerprint density at radius 2 is 1.93 bits per heavy atom. The molecule has 0 radical (unpaired) electrons. The SMILES string of the molecule is COc1ccc(/C(=C\c2cc(OCc3ccsc3)ccc2C#N)C(=O)O)cc1. The maximum absolute atomic E-state index is 11.8. The Morgan fingerprint density at radius 3 is 2.54 bits per heavy atom. The minimum atomic E-state index is -1.08. The third-order valence-corrected chi connectivity index (χ3v) is 4.79. The van der Waals surface area contributed by atoms with E-state index < -0.39 is 5.97 Å². The first-order valence-electron chi connectivity index (χ1n) is 8.38. The fourth-order valence-corrected chi connectivity index (χ4v) is 3.24. The summed E-state index contributed by atoms with van der Waals surface area (Å²) < 4.78 is 10.9. The number of aliphatic carboxylic acids is 1. The Kier molecular flexibility index (Phi) is 6.10. The molecule has 0 aliphatic heterocycles.